The summed E-state index contributed by atoms with van der Waals surface area (Å²) in [6.07, 6.45) is 0. The van der Waals surface area contributed by atoms with E-state index in [0.29, 0.717) is 15.5 Å². The van der Waals surface area contributed by atoms with Gasteiger partial charge in [-0.1, -0.05) is 11.3 Å². The summed E-state index contributed by atoms with van der Waals surface area (Å²) in [5.41, 5.74) is 5.07. The Morgan fingerprint density at radius 2 is 1.93 bits per heavy atom. The Hall–Kier alpha value is -1.63. The Kier molecular flexibility index (Phi) is 1.71. The van der Waals surface area contributed by atoms with Crippen LogP contribution >= 0.6 is 11.3 Å². The van der Waals surface area contributed by atoms with Crippen molar-refractivity contribution in [1.29, 1.82) is 0 Å². The van der Waals surface area contributed by atoms with Crippen molar-refractivity contribution in [1.82, 2.24) is 14.1 Å². The number of aryl methyl sites for hydroxylation is 1. The van der Waals surface area contributed by atoms with Crippen LogP contribution in [0.15, 0.2) is 9.59 Å². The molecule has 0 fully saturated rings. The molecule has 2 heterocycles. The van der Waals surface area contributed by atoms with Gasteiger partial charge in [-0.2, -0.15) is 0 Å². The molecule has 0 saturated carbocycles. The number of fused-ring (bicyclic) bond motifs is 1. The summed E-state index contributed by atoms with van der Waals surface area (Å²) in [6.45, 7) is 0. The van der Waals surface area contributed by atoms with E-state index in [9.17, 15) is 9.59 Å². The second-order valence-corrected chi connectivity index (χ2v) is 3.94. The molecular weight excluding hydrogens is 204 g/mol. The number of aromatic nitrogens is 3. The van der Waals surface area contributed by atoms with Crippen LogP contribution < -0.4 is 17.0 Å². The van der Waals surface area contributed by atoms with Crippen LogP contribution in [0.25, 0.3) is 10.3 Å². The maximum Gasteiger partial charge on any atom is 0.332 e. The molecule has 0 aliphatic heterocycles. The lowest BCUT2D eigenvalue weighted by atomic mass is 10.6. The van der Waals surface area contributed by atoms with E-state index in [-0.39, 0.29) is 5.56 Å². The lowest BCUT2D eigenvalue weighted by Crippen LogP contribution is -2.36. The van der Waals surface area contributed by atoms with Crippen LogP contribution in [0.2, 0.25) is 0 Å². The van der Waals surface area contributed by atoms with Crippen LogP contribution in [-0.4, -0.2) is 14.1 Å². The van der Waals surface area contributed by atoms with Gasteiger partial charge in [0.05, 0.1) is 0 Å². The molecule has 6 nitrogen and oxygen atoms in total. The molecule has 0 bridgehead atoms. The fourth-order valence-corrected chi connectivity index (χ4v) is 2.09. The molecule has 7 heteroatoms. The fourth-order valence-electron chi connectivity index (χ4n) is 1.25. The van der Waals surface area contributed by atoms with Crippen molar-refractivity contribution in [2.75, 3.05) is 5.73 Å². The van der Waals surface area contributed by atoms with E-state index in [4.69, 9.17) is 5.73 Å². The van der Waals surface area contributed by atoms with E-state index in [1.807, 2.05) is 0 Å². The first-order chi connectivity index (χ1) is 6.52. The Morgan fingerprint density at radius 1 is 1.29 bits per heavy atom. The van der Waals surface area contributed by atoms with Crippen molar-refractivity contribution >= 4 is 26.8 Å². The van der Waals surface area contributed by atoms with Gasteiger partial charge >= 0.3 is 5.69 Å². The molecule has 2 N–H and O–H groups in total. The molecule has 0 aliphatic rings. The average molecular weight is 212 g/mol. The van der Waals surface area contributed by atoms with E-state index in [0.717, 1.165) is 15.9 Å². The fraction of sp³-hybridized carbons (Fsp3) is 0.286. The van der Waals surface area contributed by atoms with Crippen molar-refractivity contribution in [2.24, 2.45) is 14.1 Å². The van der Waals surface area contributed by atoms with Crippen LogP contribution in [0, 0.1) is 0 Å². The maximum absolute atomic E-state index is 11.6. The van der Waals surface area contributed by atoms with Gasteiger partial charge in [0.15, 0.2) is 10.8 Å². The molecule has 2 rings (SSSR count). The summed E-state index contributed by atoms with van der Waals surface area (Å²) >= 11 is 1.09. The first-order valence-corrected chi connectivity index (χ1v) is 4.66. The van der Waals surface area contributed by atoms with E-state index in [1.54, 1.807) is 7.05 Å². The summed E-state index contributed by atoms with van der Waals surface area (Å²) in [4.78, 5) is 27.0. The Morgan fingerprint density at radius 3 is 2.57 bits per heavy atom. The van der Waals surface area contributed by atoms with Crippen molar-refractivity contribution in [2.45, 2.75) is 0 Å². The molecule has 0 amide bonds. The van der Waals surface area contributed by atoms with Crippen LogP contribution in [0.4, 0.5) is 5.13 Å². The second kappa shape index (κ2) is 2.68. The first-order valence-electron chi connectivity index (χ1n) is 3.84. The number of nitrogen functional groups attached to an aromatic ring is 1. The average Bonchev–Trinajstić information content (AvgIpc) is 2.54. The summed E-state index contributed by atoms with van der Waals surface area (Å²) in [6, 6.07) is 0. The van der Waals surface area contributed by atoms with Gasteiger partial charge in [0, 0.05) is 14.1 Å². The van der Waals surface area contributed by atoms with Gasteiger partial charge in [0.2, 0.25) is 0 Å². The molecule has 74 valence electrons. The quantitative estimate of drug-likeness (QED) is 0.624. The molecule has 0 aromatic carbocycles. The lowest BCUT2D eigenvalue weighted by Gasteiger charge is -2.00. The zero-order valence-electron chi connectivity index (χ0n) is 7.64. The first kappa shape index (κ1) is 8.95. The van der Waals surface area contributed by atoms with Crippen molar-refractivity contribution in [3.63, 3.8) is 0 Å². The Labute approximate surface area is 82.2 Å². The topological polar surface area (TPSA) is 82.9 Å². The highest BCUT2D eigenvalue weighted by Crippen LogP contribution is 2.17. The van der Waals surface area contributed by atoms with Gasteiger partial charge in [-0.3, -0.25) is 13.9 Å². The molecule has 14 heavy (non-hydrogen) atoms. The van der Waals surface area contributed by atoms with Gasteiger partial charge < -0.3 is 5.73 Å². The smallest absolute Gasteiger partial charge is 0.332 e. The van der Waals surface area contributed by atoms with Gasteiger partial charge in [-0.05, 0) is 0 Å². The van der Waals surface area contributed by atoms with Gasteiger partial charge in [0.25, 0.3) is 5.56 Å². The number of nitrogens with two attached hydrogens (primary N) is 1. The Balaban J connectivity index is 3.17. The molecule has 0 aliphatic carbocycles. The molecule has 2 aromatic rings. The number of rotatable bonds is 0. The second-order valence-electron chi connectivity index (χ2n) is 2.91. The van der Waals surface area contributed by atoms with Crippen molar-refractivity contribution in [3.8, 4) is 0 Å². The monoisotopic (exact) mass is 212 g/mol. The number of nitrogens with zero attached hydrogens (tertiary/aromatic N) is 3. The number of hydrogen-bond donors (Lipinski definition) is 1. The highest BCUT2D eigenvalue weighted by Gasteiger charge is 2.12. The minimum atomic E-state index is -0.396. The van der Waals surface area contributed by atoms with Gasteiger partial charge in [0.1, 0.15) is 4.70 Å². The van der Waals surface area contributed by atoms with Crippen LogP contribution in [-0.2, 0) is 14.1 Å². The zero-order chi connectivity index (χ0) is 10.5. The molecular formula is C7H8N4O2S. The van der Waals surface area contributed by atoms with Crippen molar-refractivity contribution < 1.29 is 0 Å². The normalized spacial score (nSPS) is 11.0. The number of anilines is 1. The summed E-state index contributed by atoms with van der Waals surface area (Å²) in [5, 5.41) is 0.290. The van der Waals surface area contributed by atoms with Crippen LogP contribution in [0.1, 0.15) is 0 Å². The molecule has 0 atom stereocenters. The van der Waals surface area contributed by atoms with E-state index >= 15 is 0 Å². The predicted octanol–water partition coefficient (Wildman–Crippen LogP) is -0.724. The van der Waals surface area contributed by atoms with Gasteiger partial charge in [-0.15, -0.1) is 0 Å². The molecule has 0 saturated heterocycles. The maximum atomic E-state index is 11.6. The van der Waals surface area contributed by atoms with E-state index in [1.165, 1.54) is 11.6 Å². The van der Waals surface area contributed by atoms with Crippen molar-refractivity contribution in [3.05, 3.63) is 20.8 Å². The highest BCUT2D eigenvalue weighted by atomic mass is 32.1. The molecule has 0 spiro atoms. The van der Waals surface area contributed by atoms with Crippen LogP contribution in [0.5, 0.6) is 0 Å². The number of hydrogen-bond acceptors (Lipinski definition) is 5. The lowest BCUT2D eigenvalue weighted by molar-refractivity contribution is 0.710. The minimum absolute atomic E-state index is 0.290. The molecule has 2 aromatic heterocycles. The molecule has 0 radical (unpaired) electrons. The van der Waals surface area contributed by atoms with E-state index in [2.05, 4.69) is 4.98 Å². The Bertz CT molecular complexity index is 621. The van der Waals surface area contributed by atoms with Gasteiger partial charge in [-0.25, -0.2) is 9.78 Å². The molecule has 0 unspecified atom stereocenters. The van der Waals surface area contributed by atoms with E-state index < -0.39 is 5.69 Å². The zero-order valence-corrected chi connectivity index (χ0v) is 8.46. The third kappa shape index (κ3) is 0.987. The third-order valence-electron chi connectivity index (χ3n) is 2.02. The predicted molar refractivity (Wildman–Crippen MR) is 54.5 cm³/mol. The standard InChI is InChI=1S/C7H8N4O2S/c1-10-4-3(14-6(8)9-4)5(12)11(2)7(10)13/h1-2H3,(H2,8,9). The summed E-state index contributed by atoms with van der Waals surface area (Å²) in [5.74, 6) is 0. The number of thiazole rings is 1. The summed E-state index contributed by atoms with van der Waals surface area (Å²) < 4.78 is 2.76. The van der Waals surface area contributed by atoms with Crippen LogP contribution in [0.3, 0.4) is 0 Å². The largest absolute Gasteiger partial charge is 0.375 e. The summed E-state index contributed by atoms with van der Waals surface area (Å²) in [7, 11) is 2.99. The minimum Gasteiger partial charge on any atom is -0.375 e. The highest BCUT2D eigenvalue weighted by molar-refractivity contribution is 7.21. The SMILES string of the molecule is Cn1c(=O)c2sc(N)nc2n(C)c1=O. The third-order valence-corrected chi connectivity index (χ3v) is 2.88.